The van der Waals surface area contributed by atoms with E-state index in [0.717, 1.165) is 30.2 Å². The molecule has 0 heterocycles. The number of halogens is 2. The average molecular weight is 263 g/mol. The van der Waals surface area contributed by atoms with E-state index in [-0.39, 0.29) is 11.8 Å². The lowest BCUT2D eigenvalue weighted by Gasteiger charge is -2.08. The summed E-state index contributed by atoms with van der Waals surface area (Å²) >= 11 is 0. The van der Waals surface area contributed by atoms with E-state index in [9.17, 15) is 8.78 Å². The summed E-state index contributed by atoms with van der Waals surface area (Å²) in [5.74, 6) is -0.664. The van der Waals surface area contributed by atoms with Gasteiger partial charge in [-0.1, -0.05) is 12.1 Å². The number of hydrogen-bond acceptors (Lipinski definition) is 2. The Hall–Kier alpha value is -1.94. The van der Waals surface area contributed by atoms with Crippen LogP contribution in [-0.2, 0) is 6.42 Å². The van der Waals surface area contributed by atoms with Crippen LogP contribution in [0.2, 0.25) is 0 Å². The van der Waals surface area contributed by atoms with Crippen molar-refractivity contribution in [1.29, 1.82) is 0 Å². The Morgan fingerprint density at radius 1 is 1.00 bits per heavy atom. The smallest absolute Gasteiger partial charge is 0.133 e. The Morgan fingerprint density at radius 3 is 2.11 bits per heavy atom. The molecular formula is C15H15F2NO. The highest BCUT2D eigenvalue weighted by Crippen LogP contribution is 2.23. The van der Waals surface area contributed by atoms with Crippen molar-refractivity contribution in [2.24, 2.45) is 5.73 Å². The molecule has 0 aliphatic carbocycles. The topological polar surface area (TPSA) is 35.2 Å². The van der Waals surface area contributed by atoms with Crippen molar-refractivity contribution in [1.82, 2.24) is 0 Å². The van der Waals surface area contributed by atoms with Gasteiger partial charge in [-0.2, -0.15) is 0 Å². The van der Waals surface area contributed by atoms with E-state index < -0.39 is 11.6 Å². The van der Waals surface area contributed by atoms with Gasteiger partial charge in [-0.15, -0.1) is 0 Å². The third-order valence-electron chi connectivity index (χ3n) is 2.55. The minimum Gasteiger partial charge on any atom is -0.457 e. The molecule has 0 aromatic heterocycles. The zero-order valence-electron chi connectivity index (χ0n) is 10.6. The zero-order valence-corrected chi connectivity index (χ0v) is 10.6. The summed E-state index contributed by atoms with van der Waals surface area (Å²) in [7, 11) is 0. The van der Waals surface area contributed by atoms with Crippen LogP contribution >= 0.6 is 0 Å². The fraction of sp³-hybridized carbons (Fsp3) is 0.200. The van der Waals surface area contributed by atoms with Gasteiger partial charge in [0.25, 0.3) is 0 Å². The van der Waals surface area contributed by atoms with Crippen molar-refractivity contribution < 1.29 is 13.5 Å². The van der Waals surface area contributed by atoms with Crippen molar-refractivity contribution >= 4 is 0 Å². The quantitative estimate of drug-likeness (QED) is 0.913. The van der Waals surface area contributed by atoms with Crippen LogP contribution in [0.4, 0.5) is 8.78 Å². The predicted molar refractivity (Wildman–Crippen MR) is 70.2 cm³/mol. The molecule has 4 heteroatoms. The lowest BCUT2D eigenvalue weighted by molar-refractivity contribution is 0.468. The first-order chi connectivity index (χ1) is 9.02. The highest BCUT2D eigenvalue weighted by atomic mass is 19.1. The van der Waals surface area contributed by atoms with E-state index in [2.05, 4.69) is 0 Å². The molecule has 100 valence electrons. The van der Waals surface area contributed by atoms with Crippen LogP contribution in [0.1, 0.15) is 12.5 Å². The molecule has 19 heavy (non-hydrogen) atoms. The van der Waals surface area contributed by atoms with Gasteiger partial charge in [-0.3, -0.25) is 0 Å². The predicted octanol–water partition coefficient (Wildman–Crippen LogP) is 3.65. The Labute approximate surface area is 110 Å². The number of ether oxygens (including phenoxy) is 1. The molecule has 1 atom stereocenters. The molecule has 0 saturated carbocycles. The van der Waals surface area contributed by atoms with Gasteiger partial charge in [0, 0.05) is 24.2 Å². The normalized spacial score (nSPS) is 12.2. The molecule has 2 aromatic carbocycles. The maximum atomic E-state index is 13.0. The molecule has 0 spiro atoms. The molecule has 0 bridgehead atoms. The van der Waals surface area contributed by atoms with Crippen LogP contribution < -0.4 is 10.5 Å². The van der Waals surface area contributed by atoms with Crippen LogP contribution in [0.5, 0.6) is 11.5 Å². The van der Waals surface area contributed by atoms with Crippen molar-refractivity contribution in [3.05, 3.63) is 59.7 Å². The number of rotatable bonds is 4. The zero-order chi connectivity index (χ0) is 13.8. The number of benzene rings is 2. The lowest BCUT2D eigenvalue weighted by atomic mass is 10.1. The molecule has 0 fully saturated rings. The van der Waals surface area contributed by atoms with Gasteiger partial charge in [0.15, 0.2) is 0 Å². The number of hydrogen-bond donors (Lipinski definition) is 1. The highest BCUT2D eigenvalue weighted by Gasteiger charge is 2.04. The van der Waals surface area contributed by atoms with Crippen LogP contribution in [0.25, 0.3) is 0 Å². The molecule has 0 aliphatic heterocycles. The average Bonchev–Trinajstić information content (AvgIpc) is 2.29. The summed E-state index contributed by atoms with van der Waals surface area (Å²) in [5.41, 5.74) is 6.80. The second-order valence-corrected chi connectivity index (χ2v) is 4.53. The summed E-state index contributed by atoms with van der Waals surface area (Å²) in [6, 6.07) is 10.4. The molecular weight excluding hydrogens is 248 g/mol. The molecule has 0 radical (unpaired) electrons. The molecule has 0 aliphatic rings. The molecule has 2 aromatic rings. The van der Waals surface area contributed by atoms with Crippen LogP contribution in [0.3, 0.4) is 0 Å². The van der Waals surface area contributed by atoms with Crippen LogP contribution in [0.15, 0.2) is 42.5 Å². The van der Waals surface area contributed by atoms with Gasteiger partial charge in [0.2, 0.25) is 0 Å². The van der Waals surface area contributed by atoms with Crippen molar-refractivity contribution in [2.45, 2.75) is 19.4 Å². The van der Waals surface area contributed by atoms with E-state index >= 15 is 0 Å². The summed E-state index contributed by atoms with van der Waals surface area (Å²) in [5, 5.41) is 0. The van der Waals surface area contributed by atoms with Crippen molar-refractivity contribution in [3.8, 4) is 11.5 Å². The fourth-order valence-corrected chi connectivity index (χ4v) is 1.79. The van der Waals surface area contributed by atoms with Crippen LogP contribution in [0, 0.1) is 11.6 Å². The summed E-state index contributed by atoms with van der Waals surface area (Å²) in [6.07, 6.45) is 0.773. The Morgan fingerprint density at radius 2 is 1.58 bits per heavy atom. The summed E-state index contributed by atoms with van der Waals surface area (Å²) < 4.78 is 31.4. The first-order valence-electron chi connectivity index (χ1n) is 6.01. The Bertz CT molecular complexity index is 532. The minimum absolute atomic E-state index is 0.0871. The van der Waals surface area contributed by atoms with Gasteiger partial charge in [-0.25, -0.2) is 8.78 Å². The highest BCUT2D eigenvalue weighted by molar-refractivity contribution is 5.33. The third-order valence-corrected chi connectivity index (χ3v) is 2.55. The largest absolute Gasteiger partial charge is 0.457 e. The second kappa shape index (κ2) is 5.80. The van der Waals surface area contributed by atoms with E-state index in [4.69, 9.17) is 10.5 Å². The first kappa shape index (κ1) is 13.5. The summed E-state index contributed by atoms with van der Waals surface area (Å²) in [6.45, 7) is 1.93. The van der Waals surface area contributed by atoms with E-state index in [0.29, 0.717) is 5.75 Å². The Balaban J connectivity index is 2.10. The monoisotopic (exact) mass is 263 g/mol. The maximum absolute atomic E-state index is 13.0. The molecule has 1 unspecified atom stereocenters. The maximum Gasteiger partial charge on any atom is 0.133 e. The van der Waals surface area contributed by atoms with Gasteiger partial charge in [-0.05, 0) is 31.0 Å². The molecule has 2 nitrogen and oxygen atoms in total. The number of nitrogens with two attached hydrogens (primary N) is 1. The molecule has 0 amide bonds. The van der Waals surface area contributed by atoms with Crippen molar-refractivity contribution in [2.75, 3.05) is 0 Å². The Kier molecular flexibility index (Phi) is 4.12. The van der Waals surface area contributed by atoms with Crippen LogP contribution in [-0.4, -0.2) is 6.04 Å². The third kappa shape index (κ3) is 4.03. The minimum atomic E-state index is -0.663. The second-order valence-electron chi connectivity index (χ2n) is 4.53. The SMILES string of the molecule is CC(N)Cc1ccc(Oc2cc(F)cc(F)c2)cc1. The molecule has 2 rings (SSSR count). The fourth-order valence-electron chi connectivity index (χ4n) is 1.79. The standard InChI is InChI=1S/C15H15F2NO/c1-10(18)6-11-2-4-14(5-3-11)19-15-8-12(16)7-13(17)9-15/h2-5,7-10H,6,18H2,1H3. The lowest BCUT2D eigenvalue weighted by Crippen LogP contribution is -2.17. The first-order valence-corrected chi connectivity index (χ1v) is 6.01. The molecule has 2 N–H and O–H groups in total. The van der Waals surface area contributed by atoms with E-state index in [1.54, 1.807) is 12.1 Å². The molecule has 0 saturated heterocycles. The van der Waals surface area contributed by atoms with Crippen molar-refractivity contribution in [3.63, 3.8) is 0 Å². The van der Waals surface area contributed by atoms with E-state index in [1.807, 2.05) is 19.1 Å². The van der Waals surface area contributed by atoms with Gasteiger partial charge < -0.3 is 10.5 Å². The summed E-state index contributed by atoms with van der Waals surface area (Å²) in [4.78, 5) is 0. The van der Waals surface area contributed by atoms with Gasteiger partial charge >= 0.3 is 0 Å². The van der Waals surface area contributed by atoms with Gasteiger partial charge in [0.1, 0.15) is 23.1 Å². The van der Waals surface area contributed by atoms with Gasteiger partial charge in [0.05, 0.1) is 0 Å². The van der Waals surface area contributed by atoms with E-state index in [1.165, 1.54) is 0 Å².